The van der Waals surface area contributed by atoms with E-state index < -0.39 is 5.97 Å². The Morgan fingerprint density at radius 3 is 2.20 bits per heavy atom. The number of carbonyl (C=O) groups excluding carboxylic acids is 1. The van der Waals surface area contributed by atoms with Crippen LogP contribution in [0.25, 0.3) is 6.08 Å². The maximum atomic E-state index is 12.2. The molecule has 1 aromatic heterocycles. The van der Waals surface area contributed by atoms with Crippen LogP contribution in [0.15, 0.2) is 36.4 Å². The average Bonchev–Trinajstić information content (AvgIpc) is 2.98. The van der Waals surface area contributed by atoms with E-state index in [1.165, 1.54) is 22.6 Å². The van der Waals surface area contributed by atoms with Crippen LogP contribution in [0, 0.1) is 0 Å². The minimum Gasteiger partial charge on any atom is -0.478 e. The molecule has 0 aliphatic rings. The summed E-state index contributed by atoms with van der Waals surface area (Å²) in [6, 6.07) is 8.60. The van der Waals surface area contributed by atoms with Crippen molar-refractivity contribution in [2.75, 3.05) is 0 Å². The molecule has 0 aliphatic heterocycles. The predicted molar refractivity (Wildman–Crippen MR) is 104 cm³/mol. The Bertz CT molecular complexity index is 754. The normalized spacial score (nSPS) is 11.6. The lowest BCUT2D eigenvalue weighted by molar-refractivity contribution is -0.113. The highest BCUT2D eigenvalue weighted by atomic mass is 32.1. The van der Waals surface area contributed by atoms with Crippen molar-refractivity contribution in [2.24, 2.45) is 0 Å². The molecule has 0 fully saturated rings. The molecule has 0 saturated heterocycles. The van der Waals surface area contributed by atoms with Gasteiger partial charge in [-0.25, -0.2) is 4.79 Å². The van der Waals surface area contributed by atoms with E-state index in [1.54, 1.807) is 29.5 Å². The number of ketones is 1. The van der Waals surface area contributed by atoms with Gasteiger partial charge in [-0.15, -0.1) is 11.3 Å². The molecule has 1 heterocycles. The van der Waals surface area contributed by atoms with Crippen molar-refractivity contribution in [1.29, 1.82) is 0 Å². The molecule has 0 aliphatic carbocycles. The molecule has 0 unspecified atom stereocenters. The number of hydrogen-bond donors (Lipinski definition) is 1. The van der Waals surface area contributed by atoms with Crippen molar-refractivity contribution in [2.45, 2.75) is 46.0 Å². The molecule has 4 heteroatoms. The minimum absolute atomic E-state index is 0.00803. The third kappa shape index (κ3) is 5.13. The predicted octanol–water partition coefficient (Wildman–Crippen LogP) is 5.52. The average molecular weight is 356 g/mol. The van der Waals surface area contributed by atoms with Crippen molar-refractivity contribution in [3.8, 4) is 0 Å². The summed E-state index contributed by atoms with van der Waals surface area (Å²) in [5.74, 6) is -0.00157. The van der Waals surface area contributed by atoms with Crippen LogP contribution in [-0.2, 0) is 11.2 Å². The quantitative estimate of drug-likeness (QED) is 0.665. The lowest BCUT2D eigenvalue weighted by atomic mass is 9.99. The number of hydrogen-bond acceptors (Lipinski definition) is 3. The summed E-state index contributed by atoms with van der Waals surface area (Å²) in [5.41, 5.74) is 2.40. The van der Waals surface area contributed by atoms with Gasteiger partial charge in [-0.05, 0) is 53.3 Å². The topological polar surface area (TPSA) is 54.4 Å². The van der Waals surface area contributed by atoms with Gasteiger partial charge in [0.1, 0.15) is 0 Å². The Morgan fingerprint density at radius 2 is 1.72 bits per heavy atom. The Hall–Kier alpha value is -2.20. The van der Waals surface area contributed by atoms with Crippen LogP contribution in [0.3, 0.4) is 0 Å². The fraction of sp³-hybridized carbons (Fsp3) is 0.333. The highest BCUT2D eigenvalue weighted by Crippen LogP contribution is 2.34. The third-order valence-electron chi connectivity index (χ3n) is 3.97. The monoisotopic (exact) mass is 356 g/mol. The lowest BCUT2D eigenvalue weighted by Gasteiger charge is -2.08. The van der Waals surface area contributed by atoms with Gasteiger partial charge in [-0.1, -0.05) is 39.8 Å². The number of carboxylic acid groups (broad SMARTS) is 1. The van der Waals surface area contributed by atoms with Gasteiger partial charge in [0.15, 0.2) is 5.78 Å². The van der Waals surface area contributed by atoms with Gasteiger partial charge in [-0.2, -0.15) is 0 Å². The summed E-state index contributed by atoms with van der Waals surface area (Å²) in [7, 11) is 0. The van der Waals surface area contributed by atoms with Gasteiger partial charge < -0.3 is 5.11 Å². The zero-order valence-electron chi connectivity index (χ0n) is 15.1. The Balaban J connectivity index is 2.07. The van der Waals surface area contributed by atoms with E-state index in [-0.39, 0.29) is 17.8 Å². The van der Waals surface area contributed by atoms with Crippen molar-refractivity contribution >= 4 is 29.2 Å². The molecule has 0 atom stereocenters. The number of benzene rings is 1. The molecule has 132 valence electrons. The van der Waals surface area contributed by atoms with Crippen LogP contribution < -0.4 is 0 Å². The van der Waals surface area contributed by atoms with E-state index in [0.717, 1.165) is 10.4 Å². The summed E-state index contributed by atoms with van der Waals surface area (Å²) in [6.07, 6.45) is 3.78. The maximum absolute atomic E-state index is 12.2. The molecule has 1 aromatic carbocycles. The van der Waals surface area contributed by atoms with Crippen LogP contribution >= 0.6 is 11.3 Å². The van der Waals surface area contributed by atoms with Gasteiger partial charge in [0, 0.05) is 16.2 Å². The lowest BCUT2D eigenvalue weighted by Crippen LogP contribution is -2.00. The van der Waals surface area contributed by atoms with E-state index >= 15 is 0 Å². The Morgan fingerprint density at radius 1 is 1.08 bits per heavy atom. The van der Waals surface area contributed by atoms with E-state index in [2.05, 4.69) is 33.8 Å². The van der Waals surface area contributed by atoms with Gasteiger partial charge in [0.05, 0.1) is 5.56 Å². The number of carbonyl (C=O) groups is 2. The minimum atomic E-state index is -0.961. The second kappa shape index (κ2) is 8.26. The van der Waals surface area contributed by atoms with Gasteiger partial charge >= 0.3 is 5.97 Å². The van der Waals surface area contributed by atoms with Crippen LogP contribution in [0.2, 0.25) is 0 Å². The van der Waals surface area contributed by atoms with Crippen molar-refractivity contribution in [3.05, 3.63) is 62.9 Å². The van der Waals surface area contributed by atoms with Crippen LogP contribution in [0.4, 0.5) is 0 Å². The highest BCUT2D eigenvalue weighted by molar-refractivity contribution is 7.13. The highest BCUT2D eigenvalue weighted by Gasteiger charge is 2.14. The first-order chi connectivity index (χ1) is 11.8. The number of carboxylic acids is 1. The summed E-state index contributed by atoms with van der Waals surface area (Å²) < 4.78 is 0. The first-order valence-electron chi connectivity index (χ1n) is 8.44. The largest absolute Gasteiger partial charge is 0.478 e. The van der Waals surface area contributed by atoms with E-state index in [9.17, 15) is 9.59 Å². The van der Waals surface area contributed by atoms with Crippen molar-refractivity contribution in [3.63, 3.8) is 0 Å². The van der Waals surface area contributed by atoms with Gasteiger partial charge in [-0.3, -0.25) is 4.79 Å². The fourth-order valence-electron chi connectivity index (χ4n) is 2.62. The molecule has 0 bridgehead atoms. The standard InChI is InChI=1S/C21H24O3S/c1-13(2)19-12-18(25-20(19)14(3)4)10-9-17(22)11-15-5-7-16(8-6-15)21(23)24/h5-10,12-14H,11H2,1-4H3,(H,23,24)/b10-9+. The number of thiophene rings is 1. The van der Waals surface area contributed by atoms with E-state index in [0.29, 0.717) is 11.8 Å². The molecule has 0 saturated carbocycles. The first kappa shape index (κ1) is 19.1. The Kier molecular flexibility index (Phi) is 6.32. The SMILES string of the molecule is CC(C)c1cc(/C=C/C(=O)Cc2ccc(C(=O)O)cc2)sc1C(C)C. The summed E-state index contributed by atoms with van der Waals surface area (Å²) in [5, 5.41) is 8.89. The summed E-state index contributed by atoms with van der Waals surface area (Å²) >= 11 is 1.75. The molecule has 1 N–H and O–H groups in total. The van der Waals surface area contributed by atoms with Crippen LogP contribution in [-0.4, -0.2) is 16.9 Å². The van der Waals surface area contributed by atoms with Crippen LogP contribution in [0.5, 0.6) is 0 Å². The van der Waals surface area contributed by atoms with Gasteiger partial charge in [0.2, 0.25) is 0 Å². The smallest absolute Gasteiger partial charge is 0.335 e. The summed E-state index contributed by atoms with van der Waals surface area (Å²) in [4.78, 5) is 25.5. The van der Waals surface area contributed by atoms with Crippen molar-refractivity contribution in [1.82, 2.24) is 0 Å². The second-order valence-electron chi connectivity index (χ2n) is 6.76. The molecule has 0 spiro atoms. The molecule has 2 rings (SSSR count). The van der Waals surface area contributed by atoms with Crippen LogP contribution in [0.1, 0.15) is 70.8 Å². The molecular weight excluding hydrogens is 332 g/mol. The van der Waals surface area contributed by atoms with E-state index in [4.69, 9.17) is 5.11 Å². The molecule has 2 aromatic rings. The van der Waals surface area contributed by atoms with E-state index in [1.807, 2.05) is 6.08 Å². The molecule has 0 amide bonds. The second-order valence-corrected chi connectivity index (χ2v) is 7.87. The molecule has 3 nitrogen and oxygen atoms in total. The zero-order chi connectivity index (χ0) is 18.6. The molecule has 25 heavy (non-hydrogen) atoms. The maximum Gasteiger partial charge on any atom is 0.335 e. The number of rotatable bonds is 7. The molecular formula is C21H24O3S. The third-order valence-corrected chi connectivity index (χ3v) is 5.39. The Labute approximate surface area is 153 Å². The van der Waals surface area contributed by atoms with Gasteiger partial charge in [0.25, 0.3) is 0 Å². The summed E-state index contributed by atoms with van der Waals surface area (Å²) in [6.45, 7) is 8.76. The molecule has 0 radical (unpaired) electrons. The zero-order valence-corrected chi connectivity index (χ0v) is 15.9. The number of allylic oxidation sites excluding steroid dienone is 1. The number of aromatic carboxylic acids is 1. The first-order valence-corrected chi connectivity index (χ1v) is 9.26. The fourth-order valence-corrected chi connectivity index (χ4v) is 3.85. The van der Waals surface area contributed by atoms with Crippen molar-refractivity contribution < 1.29 is 14.7 Å².